The average molecular weight is 265 g/mol. The van der Waals surface area contributed by atoms with Gasteiger partial charge in [-0.05, 0) is 38.8 Å². The molecule has 6 nitrogen and oxygen atoms in total. The van der Waals surface area contributed by atoms with Crippen LogP contribution in [0.1, 0.15) is 56.1 Å². The third kappa shape index (κ3) is 3.53. The Morgan fingerprint density at radius 3 is 2.79 bits per heavy atom. The zero-order valence-corrected chi connectivity index (χ0v) is 11.7. The highest BCUT2D eigenvalue weighted by Crippen LogP contribution is 2.17. The predicted octanol–water partition coefficient (Wildman–Crippen LogP) is 1.12. The lowest BCUT2D eigenvalue weighted by Crippen LogP contribution is -2.34. The summed E-state index contributed by atoms with van der Waals surface area (Å²) >= 11 is 0. The van der Waals surface area contributed by atoms with E-state index in [-0.39, 0.29) is 11.9 Å². The molecule has 2 heterocycles. The lowest BCUT2D eigenvalue weighted by atomic mass is 10.1. The molecule has 6 heteroatoms. The second-order valence-corrected chi connectivity index (χ2v) is 5.05. The molecule has 1 aliphatic heterocycles. The van der Waals surface area contributed by atoms with E-state index < -0.39 is 0 Å². The van der Waals surface area contributed by atoms with Gasteiger partial charge in [-0.3, -0.25) is 4.79 Å². The van der Waals surface area contributed by atoms with Gasteiger partial charge in [-0.25, -0.2) is 4.68 Å². The molecule has 2 rings (SSSR count). The Morgan fingerprint density at radius 2 is 2.16 bits per heavy atom. The molecule has 0 radical (unpaired) electrons. The molecule has 0 aliphatic carbocycles. The normalized spacial score (nSPS) is 16.8. The van der Waals surface area contributed by atoms with Crippen LogP contribution in [0.3, 0.4) is 0 Å². The first-order valence-electron chi connectivity index (χ1n) is 7.18. The van der Waals surface area contributed by atoms with Gasteiger partial charge in [0.25, 0.3) is 5.91 Å². The van der Waals surface area contributed by atoms with Crippen molar-refractivity contribution in [2.45, 2.75) is 51.6 Å². The van der Waals surface area contributed by atoms with Gasteiger partial charge >= 0.3 is 0 Å². The van der Waals surface area contributed by atoms with Crippen LogP contribution in [0, 0.1) is 0 Å². The highest BCUT2D eigenvalue weighted by atomic mass is 16.2. The minimum absolute atomic E-state index is 0.117. The van der Waals surface area contributed by atoms with Crippen LogP contribution in [0.25, 0.3) is 0 Å². The molecule has 0 bridgehead atoms. The number of nitrogens with one attached hydrogen (secondary N) is 2. The highest BCUT2D eigenvalue weighted by molar-refractivity contribution is 5.92. The molecular formula is C13H23N5O. The highest BCUT2D eigenvalue weighted by Gasteiger charge is 2.19. The van der Waals surface area contributed by atoms with Crippen molar-refractivity contribution in [1.82, 2.24) is 25.6 Å². The Balaban J connectivity index is 1.97. The SMILES string of the molecule is CCC(CC)NC(=O)c1cn(C2CCNCC2)nn1. The lowest BCUT2D eigenvalue weighted by Gasteiger charge is -2.22. The topological polar surface area (TPSA) is 71.8 Å². The van der Waals surface area contributed by atoms with E-state index in [1.807, 2.05) is 4.68 Å². The Morgan fingerprint density at radius 1 is 1.47 bits per heavy atom. The average Bonchev–Trinajstić information content (AvgIpc) is 2.95. The van der Waals surface area contributed by atoms with Gasteiger partial charge in [-0.2, -0.15) is 0 Å². The van der Waals surface area contributed by atoms with Gasteiger partial charge in [-0.15, -0.1) is 5.10 Å². The van der Waals surface area contributed by atoms with E-state index in [0.29, 0.717) is 11.7 Å². The quantitative estimate of drug-likeness (QED) is 0.837. The summed E-state index contributed by atoms with van der Waals surface area (Å²) in [5.41, 5.74) is 0.422. The molecule has 2 N–H and O–H groups in total. The van der Waals surface area contributed by atoms with E-state index in [0.717, 1.165) is 38.8 Å². The van der Waals surface area contributed by atoms with E-state index in [4.69, 9.17) is 0 Å². The van der Waals surface area contributed by atoms with Gasteiger partial charge in [0, 0.05) is 6.04 Å². The third-order valence-electron chi connectivity index (χ3n) is 3.75. The van der Waals surface area contributed by atoms with E-state index in [2.05, 4.69) is 34.8 Å². The molecule has 19 heavy (non-hydrogen) atoms. The summed E-state index contributed by atoms with van der Waals surface area (Å²) in [6, 6.07) is 0.583. The second-order valence-electron chi connectivity index (χ2n) is 5.05. The van der Waals surface area contributed by atoms with Crippen molar-refractivity contribution in [3.05, 3.63) is 11.9 Å². The largest absolute Gasteiger partial charge is 0.348 e. The molecule has 1 aromatic rings. The van der Waals surface area contributed by atoms with E-state index in [1.165, 1.54) is 0 Å². The monoisotopic (exact) mass is 265 g/mol. The summed E-state index contributed by atoms with van der Waals surface area (Å²) in [6.45, 7) is 6.14. The predicted molar refractivity (Wildman–Crippen MR) is 73.0 cm³/mol. The van der Waals surface area contributed by atoms with Crippen LogP contribution in [0.4, 0.5) is 0 Å². The Kier molecular flexibility index (Phi) is 4.90. The zero-order valence-electron chi connectivity index (χ0n) is 11.7. The molecule has 0 atom stereocenters. The first-order valence-corrected chi connectivity index (χ1v) is 7.18. The van der Waals surface area contributed by atoms with Crippen molar-refractivity contribution < 1.29 is 4.79 Å². The number of carbonyl (C=O) groups excluding carboxylic acids is 1. The molecule has 1 amide bonds. The molecule has 0 saturated carbocycles. The number of hydrogen-bond donors (Lipinski definition) is 2. The smallest absolute Gasteiger partial charge is 0.273 e. The fourth-order valence-electron chi connectivity index (χ4n) is 2.38. The number of aromatic nitrogens is 3. The Bertz CT molecular complexity index is 407. The van der Waals surface area contributed by atoms with Gasteiger partial charge in [0.2, 0.25) is 0 Å². The van der Waals surface area contributed by atoms with Crippen LogP contribution in [-0.2, 0) is 0 Å². The van der Waals surface area contributed by atoms with Crippen LogP contribution < -0.4 is 10.6 Å². The van der Waals surface area contributed by atoms with Crippen LogP contribution in [0.5, 0.6) is 0 Å². The van der Waals surface area contributed by atoms with E-state index in [9.17, 15) is 4.79 Å². The van der Waals surface area contributed by atoms with Crippen LogP contribution >= 0.6 is 0 Å². The summed E-state index contributed by atoms with van der Waals surface area (Å²) in [6.07, 6.45) is 5.72. The Hall–Kier alpha value is -1.43. The minimum atomic E-state index is -0.117. The maximum absolute atomic E-state index is 12.0. The number of carbonyl (C=O) groups is 1. The molecule has 1 aliphatic rings. The van der Waals surface area contributed by atoms with E-state index >= 15 is 0 Å². The summed E-state index contributed by atoms with van der Waals surface area (Å²) in [7, 11) is 0. The maximum atomic E-state index is 12.0. The van der Waals surface area contributed by atoms with Gasteiger partial charge < -0.3 is 10.6 Å². The Labute approximate surface area is 113 Å². The van der Waals surface area contributed by atoms with Crippen molar-refractivity contribution >= 4 is 5.91 Å². The molecule has 106 valence electrons. The molecule has 1 saturated heterocycles. The minimum Gasteiger partial charge on any atom is -0.348 e. The summed E-state index contributed by atoms with van der Waals surface area (Å²) < 4.78 is 1.84. The standard InChI is InChI=1S/C13H23N5O/c1-3-10(4-2)15-13(19)12-9-18(17-16-12)11-5-7-14-8-6-11/h9-11,14H,3-8H2,1-2H3,(H,15,19). The number of hydrogen-bond acceptors (Lipinski definition) is 4. The second kappa shape index (κ2) is 6.65. The summed E-state index contributed by atoms with van der Waals surface area (Å²) in [4.78, 5) is 12.0. The first-order chi connectivity index (χ1) is 9.24. The maximum Gasteiger partial charge on any atom is 0.273 e. The third-order valence-corrected chi connectivity index (χ3v) is 3.75. The number of rotatable bonds is 5. The van der Waals surface area contributed by atoms with Gasteiger partial charge in [0.1, 0.15) is 0 Å². The fraction of sp³-hybridized carbons (Fsp3) is 0.769. The van der Waals surface area contributed by atoms with Gasteiger partial charge in [-0.1, -0.05) is 19.1 Å². The van der Waals surface area contributed by atoms with Crippen LogP contribution in [-0.4, -0.2) is 40.0 Å². The fourth-order valence-corrected chi connectivity index (χ4v) is 2.38. The summed E-state index contributed by atoms with van der Waals surface area (Å²) in [5, 5.41) is 14.4. The molecule has 0 aromatic carbocycles. The molecule has 1 fully saturated rings. The molecule has 1 aromatic heterocycles. The number of piperidine rings is 1. The molecule has 0 unspecified atom stereocenters. The van der Waals surface area contributed by atoms with Crippen molar-refractivity contribution in [3.63, 3.8) is 0 Å². The zero-order chi connectivity index (χ0) is 13.7. The lowest BCUT2D eigenvalue weighted by molar-refractivity contribution is 0.0929. The van der Waals surface area contributed by atoms with E-state index in [1.54, 1.807) is 6.20 Å². The first kappa shape index (κ1) is 14.0. The molecular weight excluding hydrogens is 242 g/mol. The van der Waals surface area contributed by atoms with Crippen LogP contribution in [0.15, 0.2) is 6.20 Å². The summed E-state index contributed by atoms with van der Waals surface area (Å²) in [5.74, 6) is -0.117. The van der Waals surface area contributed by atoms with Crippen LogP contribution in [0.2, 0.25) is 0 Å². The molecule has 0 spiro atoms. The number of nitrogens with zero attached hydrogens (tertiary/aromatic N) is 3. The van der Waals surface area contributed by atoms with Crippen molar-refractivity contribution in [2.24, 2.45) is 0 Å². The van der Waals surface area contributed by atoms with Crippen molar-refractivity contribution in [2.75, 3.05) is 13.1 Å². The van der Waals surface area contributed by atoms with Gasteiger partial charge in [0.05, 0.1) is 12.2 Å². The number of amides is 1. The van der Waals surface area contributed by atoms with Gasteiger partial charge in [0.15, 0.2) is 5.69 Å². The van der Waals surface area contributed by atoms with Crippen molar-refractivity contribution in [3.8, 4) is 0 Å². The van der Waals surface area contributed by atoms with Crippen molar-refractivity contribution in [1.29, 1.82) is 0 Å².